The van der Waals surface area contributed by atoms with Gasteiger partial charge in [0.05, 0.1) is 32.8 Å². The monoisotopic (exact) mass is 478 g/mol. The first-order valence-corrected chi connectivity index (χ1v) is 10.9. The average molecular weight is 479 g/mol. The zero-order chi connectivity index (χ0) is 25.2. The summed E-state index contributed by atoms with van der Waals surface area (Å²) < 4.78 is 0. The van der Waals surface area contributed by atoms with Crippen molar-refractivity contribution in [3.63, 3.8) is 0 Å². The Labute approximate surface area is 193 Å². The second kappa shape index (κ2) is 18.1. The van der Waals surface area contributed by atoms with E-state index in [2.05, 4.69) is 0 Å². The van der Waals surface area contributed by atoms with Crippen molar-refractivity contribution in [1.82, 2.24) is 19.6 Å². The van der Waals surface area contributed by atoms with Crippen LogP contribution in [0.1, 0.15) is 19.8 Å². The van der Waals surface area contributed by atoms with Crippen molar-refractivity contribution >= 4 is 23.9 Å². The first-order valence-electron chi connectivity index (χ1n) is 10.9. The highest BCUT2D eigenvalue weighted by Gasteiger charge is 2.16. The highest BCUT2D eigenvalue weighted by molar-refractivity contribution is 5.70. The van der Waals surface area contributed by atoms with E-state index in [1.807, 2.05) is 6.92 Å². The van der Waals surface area contributed by atoms with Gasteiger partial charge in [0.15, 0.2) is 0 Å². The molecule has 0 unspecified atom stereocenters. The Morgan fingerprint density at radius 1 is 0.515 bits per heavy atom. The molecule has 0 heterocycles. The van der Waals surface area contributed by atoms with E-state index in [4.69, 9.17) is 25.5 Å². The molecule has 0 aromatic rings. The summed E-state index contributed by atoms with van der Waals surface area (Å²) in [5, 5.41) is 45.2. The zero-order valence-electron chi connectivity index (χ0n) is 19.3. The molecule has 13 heteroatoms. The summed E-state index contributed by atoms with van der Waals surface area (Å²) in [5.41, 5.74) is 0. The Bertz CT molecular complexity index is 606. The summed E-state index contributed by atoms with van der Waals surface area (Å²) >= 11 is 0. The predicted octanol–water partition coefficient (Wildman–Crippen LogP) is -1.67. The number of carboxylic acid groups (broad SMARTS) is 4. The van der Waals surface area contributed by atoms with E-state index in [0.29, 0.717) is 58.7 Å². The van der Waals surface area contributed by atoms with Gasteiger partial charge in [-0.05, 0) is 32.5 Å². The standard InChI is InChI=1S/C20H38N4O9/c1-2-21(13-17(26)27)7-8-22(14-18(28)29)5-3-4-6-23(15-19(30)31)9-10-24(11-12-25)16-20(32)33/h25H,2-16H2,1H3,(H,26,27)(H,28,29)(H,30,31)(H,32,33). The summed E-state index contributed by atoms with van der Waals surface area (Å²) in [6.45, 7) is 3.94. The number of aliphatic hydroxyl groups excluding tert-OH is 1. The SMILES string of the molecule is CCN(CCN(CCCCN(CCN(CCO)CC(=O)O)CC(=O)O)CC(=O)O)CC(=O)O. The molecular formula is C20H38N4O9. The fourth-order valence-electron chi connectivity index (χ4n) is 3.30. The number of unbranched alkanes of at least 4 members (excludes halogenated alkanes) is 1. The molecule has 5 N–H and O–H groups in total. The molecule has 0 fully saturated rings. The summed E-state index contributed by atoms with van der Waals surface area (Å²) in [5.74, 6) is -3.96. The largest absolute Gasteiger partial charge is 0.480 e. The first-order chi connectivity index (χ1) is 15.6. The van der Waals surface area contributed by atoms with Gasteiger partial charge in [0.1, 0.15) is 0 Å². The van der Waals surface area contributed by atoms with Crippen molar-refractivity contribution in [3.05, 3.63) is 0 Å². The Morgan fingerprint density at radius 2 is 0.818 bits per heavy atom. The summed E-state index contributed by atoms with van der Waals surface area (Å²) in [6, 6.07) is 0. The normalized spacial score (nSPS) is 11.6. The van der Waals surface area contributed by atoms with Crippen LogP contribution in [-0.4, -0.2) is 154 Å². The minimum absolute atomic E-state index is 0.114. The topological polar surface area (TPSA) is 182 Å². The minimum atomic E-state index is -1.03. The van der Waals surface area contributed by atoms with Gasteiger partial charge in [-0.25, -0.2) is 0 Å². The Balaban J connectivity index is 4.65. The van der Waals surface area contributed by atoms with Crippen LogP contribution in [0.2, 0.25) is 0 Å². The van der Waals surface area contributed by atoms with E-state index < -0.39 is 23.9 Å². The van der Waals surface area contributed by atoms with Gasteiger partial charge in [0.2, 0.25) is 0 Å². The third-order valence-electron chi connectivity index (χ3n) is 4.96. The van der Waals surface area contributed by atoms with Crippen LogP contribution >= 0.6 is 0 Å². The fourth-order valence-corrected chi connectivity index (χ4v) is 3.30. The van der Waals surface area contributed by atoms with Gasteiger partial charge in [-0.15, -0.1) is 0 Å². The van der Waals surface area contributed by atoms with Crippen LogP contribution in [0, 0.1) is 0 Å². The summed E-state index contributed by atoms with van der Waals surface area (Å²) in [6.07, 6.45) is 1.22. The van der Waals surface area contributed by atoms with Crippen molar-refractivity contribution < 1.29 is 44.7 Å². The lowest BCUT2D eigenvalue weighted by atomic mass is 10.2. The number of carboxylic acids is 4. The van der Waals surface area contributed by atoms with Crippen LogP contribution in [-0.2, 0) is 19.2 Å². The number of nitrogens with zero attached hydrogens (tertiary/aromatic N) is 4. The van der Waals surface area contributed by atoms with Gasteiger partial charge in [-0.2, -0.15) is 0 Å². The molecule has 0 aliphatic rings. The molecule has 0 rings (SSSR count). The first kappa shape index (κ1) is 30.7. The van der Waals surface area contributed by atoms with E-state index in [1.54, 1.807) is 14.7 Å². The van der Waals surface area contributed by atoms with Crippen LogP contribution in [0.5, 0.6) is 0 Å². The van der Waals surface area contributed by atoms with Crippen molar-refractivity contribution in [2.24, 2.45) is 0 Å². The molecule has 0 aromatic carbocycles. The molecule has 0 aromatic heterocycles. The van der Waals surface area contributed by atoms with Gasteiger partial charge in [-0.1, -0.05) is 6.92 Å². The second-order valence-electron chi connectivity index (χ2n) is 7.70. The molecule has 0 aliphatic carbocycles. The zero-order valence-corrected chi connectivity index (χ0v) is 19.3. The Kier molecular flexibility index (Phi) is 16.9. The van der Waals surface area contributed by atoms with Gasteiger partial charge >= 0.3 is 23.9 Å². The molecule has 192 valence electrons. The number of likely N-dealkylation sites (N-methyl/N-ethyl adjacent to an activating group) is 1. The van der Waals surface area contributed by atoms with Crippen LogP contribution < -0.4 is 0 Å². The molecule has 0 bridgehead atoms. The summed E-state index contributed by atoms with van der Waals surface area (Å²) in [4.78, 5) is 50.8. The molecule has 13 nitrogen and oxygen atoms in total. The van der Waals surface area contributed by atoms with Crippen LogP contribution in [0.15, 0.2) is 0 Å². The molecule has 0 amide bonds. The lowest BCUT2D eigenvalue weighted by Gasteiger charge is -2.26. The molecule has 0 aliphatic heterocycles. The number of hydrogen-bond acceptors (Lipinski definition) is 9. The number of rotatable bonds is 22. The van der Waals surface area contributed by atoms with E-state index in [0.717, 1.165) is 0 Å². The Hall–Kier alpha value is -2.32. The molecule has 0 saturated heterocycles. The maximum atomic E-state index is 11.2. The van der Waals surface area contributed by atoms with Gasteiger partial charge < -0.3 is 25.5 Å². The van der Waals surface area contributed by atoms with Crippen molar-refractivity contribution in [1.29, 1.82) is 0 Å². The Morgan fingerprint density at radius 3 is 1.12 bits per heavy atom. The van der Waals surface area contributed by atoms with E-state index in [9.17, 15) is 19.2 Å². The van der Waals surface area contributed by atoms with Crippen molar-refractivity contribution in [3.8, 4) is 0 Å². The molecule has 0 radical (unpaired) electrons. The molecule has 0 spiro atoms. The van der Waals surface area contributed by atoms with Gasteiger partial charge in [-0.3, -0.25) is 38.8 Å². The predicted molar refractivity (Wildman–Crippen MR) is 118 cm³/mol. The molecule has 33 heavy (non-hydrogen) atoms. The minimum Gasteiger partial charge on any atom is -0.480 e. The highest BCUT2D eigenvalue weighted by atomic mass is 16.4. The second-order valence-corrected chi connectivity index (χ2v) is 7.70. The quantitative estimate of drug-likeness (QED) is 0.111. The lowest BCUT2D eigenvalue weighted by molar-refractivity contribution is -0.140. The number of aliphatic carboxylic acids is 4. The van der Waals surface area contributed by atoms with Crippen LogP contribution in [0.25, 0.3) is 0 Å². The third-order valence-corrected chi connectivity index (χ3v) is 4.96. The molecule has 0 atom stereocenters. The van der Waals surface area contributed by atoms with Gasteiger partial charge in [0.25, 0.3) is 0 Å². The van der Waals surface area contributed by atoms with Crippen LogP contribution in [0.3, 0.4) is 0 Å². The van der Waals surface area contributed by atoms with Crippen molar-refractivity contribution in [2.45, 2.75) is 19.8 Å². The van der Waals surface area contributed by atoms with Crippen molar-refractivity contribution in [2.75, 3.05) is 85.1 Å². The van der Waals surface area contributed by atoms with Gasteiger partial charge in [0, 0.05) is 32.7 Å². The average Bonchev–Trinajstić information content (AvgIpc) is 2.70. The maximum absolute atomic E-state index is 11.2. The smallest absolute Gasteiger partial charge is 0.317 e. The molecular weight excluding hydrogens is 440 g/mol. The highest BCUT2D eigenvalue weighted by Crippen LogP contribution is 2.02. The summed E-state index contributed by atoms with van der Waals surface area (Å²) in [7, 11) is 0. The number of hydrogen-bond donors (Lipinski definition) is 5. The van der Waals surface area contributed by atoms with E-state index in [1.165, 1.54) is 4.90 Å². The maximum Gasteiger partial charge on any atom is 0.317 e. The van der Waals surface area contributed by atoms with E-state index in [-0.39, 0.29) is 39.3 Å². The number of carbonyl (C=O) groups is 4. The lowest BCUT2D eigenvalue weighted by Crippen LogP contribution is -2.41. The van der Waals surface area contributed by atoms with E-state index >= 15 is 0 Å². The fraction of sp³-hybridized carbons (Fsp3) is 0.800. The molecule has 0 saturated carbocycles. The number of aliphatic hydroxyl groups is 1. The third kappa shape index (κ3) is 17.9. The van der Waals surface area contributed by atoms with Crippen LogP contribution in [0.4, 0.5) is 0 Å².